The summed E-state index contributed by atoms with van der Waals surface area (Å²) in [6.07, 6.45) is 6.18. The highest BCUT2D eigenvalue weighted by Gasteiger charge is 2.40. The van der Waals surface area contributed by atoms with Gasteiger partial charge < -0.3 is 15.7 Å². The van der Waals surface area contributed by atoms with Gasteiger partial charge in [-0.05, 0) is 43.2 Å². The van der Waals surface area contributed by atoms with E-state index in [2.05, 4.69) is 15.6 Å². The van der Waals surface area contributed by atoms with Crippen LogP contribution in [0, 0.1) is 11.8 Å². The molecule has 3 unspecified atom stereocenters. The van der Waals surface area contributed by atoms with Crippen molar-refractivity contribution in [3.05, 3.63) is 42.1 Å². The molecular weight excluding hydrogens is 330 g/mol. The molecule has 2 aromatic rings. The van der Waals surface area contributed by atoms with Gasteiger partial charge in [0.2, 0.25) is 5.91 Å². The van der Waals surface area contributed by atoms with Crippen molar-refractivity contribution in [2.45, 2.75) is 37.8 Å². The maximum atomic E-state index is 12.7. The summed E-state index contributed by atoms with van der Waals surface area (Å²) < 4.78 is 0. The quantitative estimate of drug-likeness (QED) is 0.762. The summed E-state index contributed by atoms with van der Waals surface area (Å²) in [4.78, 5) is 29.4. The number of nitrogens with one attached hydrogen (secondary N) is 2. The van der Waals surface area contributed by atoms with E-state index in [1.165, 1.54) is 12.8 Å². The van der Waals surface area contributed by atoms with E-state index < -0.39 is 12.6 Å². The van der Waals surface area contributed by atoms with Gasteiger partial charge in [0.05, 0.1) is 17.7 Å². The van der Waals surface area contributed by atoms with E-state index in [0.717, 1.165) is 24.1 Å². The van der Waals surface area contributed by atoms with E-state index in [-0.39, 0.29) is 17.9 Å². The Labute approximate surface area is 152 Å². The number of benzene rings is 1. The molecule has 3 N–H and O–H groups in total. The normalized spacial score (nSPS) is 25.2. The number of nitrogens with zero attached hydrogens (tertiary/aromatic N) is 1. The first kappa shape index (κ1) is 17.0. The summed E-state index contributed by atoms with van der Waals surface area (Å²) >= 11 is 0. The Morgan fingerprint density at radius 2 is 2.04 bits per heavy atom. The number of aliphatic hydroxyl groups is 1. The van der Waals surface area contributed by atoms with Crippen molar-refractivity contribution in [3.63, 3.8) is 0 Å². The smallest absolute Gasteiger partial charge is 0.252 e. The zero-order valence-electron chi connectivity index (χ0n) is 14.5. The van der Waals surface area contributed by atoms with Crippen LogP contribution in [-0.4, -0.2) is 40.6 Å². The first-order chi connectivity index (χ1) is 12.7. The van der Waals surface area contributed by atoms with Crippen LogP contribution in [0.5, 0.6) is 0 Å². The number of hydrogen-bond acceptors (Lipinski definition) is 4. The van der Waals surface area contributed by atoms with Gasteiger partial charge in [0.1, 0.15) is 6.04 Å². The van der Waals surface area contributed by atoms with Crippen LogP contribution in [-0.2, 0) is 4.79 Å². The number of carbonyl (C=O) groups is 2. The lowest BCUT2D eigenvalue weighted by molar-refractivity contribution is -0.124. The van der Waals surface area contributed by atoms with Gasteiger partial charge in [0.15, 0.2) is 0 Å². The highest BCUT2D eigenvalue weighted by atomic mass is 16.3. The number of pyridine rings is 1. The molecule has 6 nitrogen and oxygen atoms in total. The Morgan fingerprint density at radius 3 is 2.77 bits per heavy atom. The number of aliphatic hydroxyl groups excluding tert-OH is 1. The summed E-state index contributed by atoms with van der Waals surface area (Å²) in [5.74, 6) is 0.571. The van der Waals surface area contributed by atoms with Gasteiger partial charge in [0, 0.05) is 17.6 Å². The van der Waals surface area contributed by atoms with Gasteiger partial charge in [0.25, 0.3) is 5.91 Å². The van der Waals surface area contributed by atoms with Crippen molar-refractivity contribution in [2.75, 3.05) is 6.61 Å². The molecule has 0 saturated heterocycles. The molecule has 2 bridgehead atoms. The fraction of sp³-hybridized carbons (Fsp3) is 0.450. The predicted octanol–water partition coefficient (Wildman–Crippen LogP) is 1.63. The largest absolute Gasteiger partial charge is 0.394 e. The van der Waals surface area contributed by atoms with Gasteiger partial charge in [-0.1, -0.05) is 24.6 Å². The molecule has 2 amide bonds. The number of rotatable bonds is 5. The van der Waals surface area contributed by atoms with Crippen LogP contribution in [0.2, 0.25) is 0 Å². The van der Waals surface area contributed by atoms with Crippen LogP contribution in [0.4, 0.5) is 0 Å². The van der Waals surface area contributed by atoms with Gasteiger partial charge in [-0.15, -0.1) is 0 Å². The van der Waals surface area contributed by atoms with Gasteiger partial charge in [-0.25, -0.2) is 0 Å². The molecular formula is C20H23N3O3. The minimum Gasteiger partial charge on any atom is -0.394 e. The number of fused-ring (bicyclic) bond motifs is 3. The second-order valence-corrected chi connectivity index (χ2v) is 7.37. The third-order valence-electron chi connectivity index (χ3n) is 5.76. The number of carbonyl (C=O) groups excluding carboxylic acids is 2. The zero-order valence-corrected chi connectivity index (χ0v) is 14.5. The average Bonchev–Trinajstić information content (AvgIpc) is 3.28. The predicted molar refractivity (Wildman–Crippen MR) is 97.5 cm³/mol. The van der Waals surface area contributed by atoms with E-state index >= 15 is 0 Å². The van der Waals surface area contributed by atoms with E-state index in [4.69, 9.17) is 0 Å². The Hall–Kier alpha value is -2.47. The first-order valence-electron chi connectivity index (χ1n) is 9.21. The van der Waals surface area contributed by atoms with Crippen molar-refractivity contribution in [1.29, 1.82) is 0 Å². The van der Waals surface area contributed by atoms with Crippen molar-refractivity contribution in [2.24, 2.45) is 11.8 Å². The van der Waals surface area contributed by atoms with Crippen LogP contribution in [0.15, 0.2) is 36.5 Å². The van der Waals surface area contributed by atoms with Crippen molar-refractivity contribution in [1.82, 2.24) is 15.6 Å². The first-order valence-corrected chi connectivity index (χ1v) is 9.21. The van der Waals surface area contributed by atoms with Gasteiger partial charge in [-0.3, -0.25) is 14.6 Å². The number of hydrogen-bond donors (Lipinski definition) is 3. The molecule has 1 aromatic carbocycles. The maximum absolute atomic E-state index is 12.7. The van der Waals surface area contributed by atoms with Gasteiger partial charge in [-0.2, -0.15) is 0 Å². The molecule has 2 aliphatic carbocycles. The molecule has 6 heteroatoms. The van der Waals surface area contributed by atoms with Crippen LogP contribution in [0.3, 0.4) is 0 Å². The van der Waals surface area contributed by atoms with Crippen LogP contribution in [0.1, 0.15) is 36.0 Å². The second-order valence-electron chi connectivity index (χ2n) is 7.37. The standard InChI is InChI=1S/C20H23N3O3/c24-11-18(20(26)22-17-10-12-5-6-13(17)9-12)23-19(25)15-7-8-21-16-4-2-1-3-14(15)16/h1-4,7-8,12-13,17-18,24H,5-6,9-11H2,(H,22,26)(H,23,25)/t12?,13?,17?,18-/m0/s1. The highest BCUT2D eigenvalue weighted by Crippen LogP contribution is 2.44. The zero-order chi connectivity index (χ0) is 18.1. The lowest BCUT2D eigenvalue weighted by atomic mass is 9.95. The second kappa shape index (κ2) is 7.03. The topological polar surface area (TPSA) is 91.3 Å². The van der Waals surface area contributed by atoms with Crippen LogP contribution < -0.4 is 10.6 Å². The monoisotopic (exact) mass is 353 g/mol. The van der Waals surface area contributed by atoms with Crippen molar-refractivity contribution < 1.29 is 14.7 Å². The number of aromatic nitrogens is 1. The Bertz CT molecular complexity index is 833. The SMILES string of the molecule is O=C(N[C@@H](CO)C(=O)NC1CC2CCC1C2)c1ccnc2ccccc12. The Morgan fingerprint density at radius 1 is 1.19 bits per heavy atom. The molecule has 4 atom stereocenters. The minimum atomic E-state index is -0.950. The van der Waals surface area contributed by atoms with E-state index in [0.29, 0.717) is 17.0 Å². The van der Waals surface area contributed by atoms with Crippen molar-refractivity contribution in [3.8, 4) is 0 Å². The molecule has 2 saturated carbocycles. The molecule has 2 fully saturated rings. The molecule has 0 spiro atoms. The number of amides is 2. The van der Waals surface area contributed by atoms with Gasteiger partial charge >= 0.3 is 0 Å². The fourth-order valence-electron chi connectivity index (χ4n) is 4.43. The summed E-state index contributed by atoms with van der Waals surface area (Å²) in [5.41, 5.74) is 1.16. The summed E-state index contributed by atoms with van der Waals surface area (Å²) in [6.45, 7) is -0.429. The van der Waals surface area contributed by atoms with E-state index in [1.807, 2.05) is 24.3 Å². The summed E-state index contributed by atoms with van der Waals surface area (Å²) in [7, 11) is 0. The summed E-state index contributed by atoms with van der Waals surface area (Å²) in [6, 6.07) is 8.20. The molecule has 1 heterocycles. The lowest BCUT2D eigenvalue weighted by Crippen LogP contribution is -2.52. The molecule has 26 heavy (non-hydrogen) atoms. The maximum Gasteiger partial charge on any atom is 0.252 e. The molecule has 136 valence electrons. The lowest BCUT2D eigenvalue weighted by Gasteiger charge is -2.25. The molecule has 0 aliphatic heterocycles. The minimum absolute atomic E-state index is 0.175. The Balaban J connectivity index is 1.45. The number of para-hydroxylation sites is 1. The fourth-order valence-corrected chi connectivity index (χ4v) is 4.43. The molecule has 2 aliphatic rings. The highest BCUT2D eigenvalue weighted by molar-refractivity contribution is 6.07. The van der Waals surface area contributed by atoms with Crippen LogP contribution in [0.25, 0.3) is 10.9 Å². The van der Waals surface area contributed by atoms with E-state index in [9.17, 15) is 14.7 Å². The van der Waals surface area contributed by atoms with Crippen molar-refractivity contribution >= 4 is 22.7 Å². The molecule has 0 radical (unpaired) electrons. The average molecular weight is 353 g/mol. The Kier molecular flexibility index (Phi) is 4.59. The summed E-state index contributed by atoms with van der Waals surface area (Å²) in [5, 5.41) is 16.0. The van der Waals surface area contributed by atoms with E-state index in [1.54, 1.807) is 12.3 Å². The van der Waals surface area contributed by atoms with Crippen LogP contribution >= 0.6 is 0 Å². The third kappa shape index (κ3) is 3.17. The third-order valence-corrected chi connectivity index (χ3v) is 5.76. The molecule has 4 rings (SSSR count). The molecule has 1 aromatic heterocycles.